The molecule has 0 amide bonds. The molecule has 1 nitrogen and oxygen atoms in total. The van der Waals surface area contributed by atoms with Crippen molar-refractivity contribution in [2.45, 2.75) is 63.8 Å². The van der Waals surface area contributed by atoms with Gasteiger partial charge in [0, 0.05) is 6.10 Å². The Morgan fingerprint density at radius 2 is 1.60 bits per heavy atom. The van der Waals surface area contributed by atoms with E-state index in [1.54, 1.807) is 0 Å². The Hall–Kier alpha value is -0.603. The van der Waals surface area contributed by atoms with Crippen molar-refractivity contribution in [1.29, 1.82) is 0 Å². The van der Waals surface area contributed by atoms with E-state index in [4.69, 9.17) is 4.43 Å². The second kappa shape index (κ2) is 6.44. The summed E-state index contributed by atoms with van der Waals surface area (Å²) in [4.78, 5) is 0. The second-order valence-corrected chi connectivity index (χ2v) is 11.9. The average Bonchev–Trinajstić information content (AvgIpc) is 2.79. The van der Waals surface area contributed by atoms with Crippen LogP contribution >= 0.6 is 0 Å². The highest BCUT2D eigenvalue weighted by atomic mass is 28.4. The summed E-state index contributed by atoms with van der Waals surface area (Å²) < 4.78 is 6.85. The van der Waals surface area contributed by atoms with Gasteiger partial charge in [0.2, 0.25) is 8.32 Å². The first-order valence-electron chi connectivity index (χ1n) is 8.13. The Balaban J connectivity index is 2.10. The van der Waals surface area contributed by atoms with Crippen molar-refractivity contribution in [1.82, 2.24) is 0 Å². The van der Waals surface area contributed by atoms with Crippen LogP contribution in [-0.4, -0.2) is 14.4 Å². The monoisotopic (exact) mass is 290 g/mol. The number of hydrogen-bond donors (Lipinski definition) is 0. The van der Waals surface area contributed by atoms with Crippen LogP contribution in [-0.2, 0) is 4.43 Å². The minimum Gasteiger partial charge on any atom is -0.413 e. The molecule has 112 valence electrons. The van der Waals surface area contributed by atoms with Crippen molar-refractivity contribution in [3.63, 3.8) is 0 Å². The van der Waals surface area contributed by atoms with Crippen molar-refractivity contribution in [3.05, 3.63) is 37.0 Å². The molecule has 2 unspecified atom stereocenters. The molecule has 0 radical (unpaired) electrons. The van der Waals surface area contributed by atoms with Gasteiger partial charge in [-0.15, -0.1) is 6.58 Å². The van der Waals surface area contributed by atoms with E-state index in [0.29, 0.717) is 29.0 Å². The molecule has 0 spiro atoms. The topological polar surface area (TPSA) is 9.23 Å². The molecule has 2 atom stereocenters. The van der Waals surface area contributed by atoms with Crippen molar-refractivity contribution in [3.8, 4) is 0 Å². The Labute approximate surface area is 125 Å². The summed E-state index contributed by atoms with van der Waals surface area (Å²) in [5.74, 6) is 1.42. The lowest BCUT2D eigenvalue weighted by Gasteiger charge is -2.40. The van der Waals surface area contributed by atoms with Crippen LogP contribution < -0.4 is 0 Å². The molecule has 2 aliphatic rings. The van der Waals surface area contributed by atoms with E-state index >= 15 is 0 Å². The average molecular weight is 291 g/mol. The third kappa shape index (κ3) is 3.01. The van der Waals surface area contributed by atoms with Crippen LogP contribution in [0.2, 0.25) is 17.1 Å². The van der Waals surface area contributed by atoms with Gasteiger partial charge >= 0.3 is 0 Å². The molecule has 0 saturated heterocycles. The van der Waals surface area contributed by atoms with Crippen molar-refractivity contribution < 1.29 is 4.43 Å². The third-order valence-corrected chi connectivity index (χ3v) is 10.9. The zero-order chi connectivity index (χ0) is 14.8. The van der Waals surface area contributed by atoms with Gasteiger partial charge in [-0.1, -0.05) is 58.1 Å². The Bertz CT molecular complexity index is 366. The highest BCUT2D eigenvalue weighted by molar-refractivity contribution is 6.76. The minimum absolute atomic E-state index is 0.453. The Morgan fingerprint density at radius 1 is 1.10 bits per heavy atom. The fourth-order valence-electron chi connectivity index (χ4n) is 4.00. The largest absolute Gasteiger partial charge is 0.413 e. The van der Waals surface area contributed by atoms with Crippen molar-refractivity contribution in [2.75, 3.05) is 0 Å². The van der Waals surface area contributed by atoms with Crippen LogP contribution in [0, 0.1) is 11.8 Å². The molecule has 0 aromatic heterocycles. The summed E-state index contributed by atoms with van der Waals surface area (Å²) in [5.41, 5.74) is 1.29. The molecular weight excluding hydrogens is 260 g/mol. The first-order valence-corrected chi connectivity index (χ1v) is 10.4. The number of hydrogen-bond acceptors (Lipinski definition) is 1. The van der Waals surface area contributed by atoms with Crippen LogP contribution in [0.15, 0.2) is 37.0 Å². The maximum atomic E-state index is 6.85. The number of fused-ring (bicyclic) bond motifs is 1. The zero-order valence-corrected chi connectivity index (χ0v) is 14.5. The van der Waals surface area contributed by atoms with Gasteiger partial charge in [0.15, 0.2) is 0 Å². The van der Waals surface area contributed by atoms with Crippen molar-refractivity contribution >= 4 is 8.32 Å². The van der Waals surface area contributed by atoms with E-state index in [2.05, 4.69) is 64.7 Å². The van der Waals surface area contributed by atoms with Crippen LogP contribution in [0.25, 0.3) is 0 Å². The summed E-state index contributed by atoms with van der Waals surface area (Å²) in [6.07, 6.45) is 14.1. The molecule has 0 aliphatic heterocycles. The molecule has 2 aliphatic carbocycles. The SMILES string of the molecule is C=CC[Si](OC1CC2C=CC=CC2C1)(C(C)C)C(C)C. The van der Waals surface area contributed by atoms with Gasteiger partial charge in [0.1, 0.15) is 0 Å². The molecule has 0 bridgehead atoms. The molecule has 2 heteroatoms. The normalized spacial score (nSPS) is 29.2. The molecule has 0 aromatic carbocycles. The van der Waals surface area contributed by atoms with Crippen LogP contribution in [0.4, 0.5) is 0 Å². The predicted octanol–water partition coefficient (Wildman–Crippen LogP) is 5.48. The lowest BCUT2D eigenvalue weighted by atomic mass is 9.92. The van der Waals surface area contributed by atoms with E-state index in [9.17, 15) is 0 Å². The van der Waals surface area contributed by atoms with E-state index in [-0.39, 0.29) is 0 Å². The molecule has 0 heterocycles. The molecule has 0 aromatic rings. The third-order valence-electron chi connectivity index (χ3n) is 5.25. The van der Waals surface area contributed by atoms with Gasteiger partial charge in [-0.3, -0.25) is 0 Å². The van der Waals surface area contributed by atoms with Crippen LogP contribution in [0.3, 0.4) is 0 Å². The van der Waals surface area contributed by atoms with Gasteiger partial charge in [-0.2, -0.15) is 0 Å². The quantitative estimate of drug-likeness (QED) is 0.465. The maximum Gasteiger partial charge on any atom is 0.201 e. The smallest absolute Gasteiger partial charge is 0.201 e. The van der Waals surface area contributed by atoms with Gasteiger partial charge < -0.3 is 4.43 Å². The van der Waals surface area contributed by atoms with Gasteiger partial charge in [-0.05, 0) is 41.8 Å². The zero-order valence-electron chi connectivity index (χ0n) is 13.5. The van der Waals surface area contributed by atoms with Gasteiger partial charge in [0.25, 0.3) is 0 Å². The molecular formula is C18H30OSi. The summed E-state index contributed by atoms with van der Waals surface area (Å²) in [6, 6.07) is 1.08. The number of rotatable bonds is 6. The fraction of sp³-hybridized carbons (Fsp3) is 0.667. The molecule has 1 fully saturated rings. The van der Waals surface area contributed by atoms with Gasteiger partial charge in [-0.25, -0.2) is 0 Å². The van der Waals surface area contributed by atoms with Gasteiger partial charge in [0.05, 0.1) is 0 Å². The van der Waals surface area contributed by atoms with E-state index < -0.39 is 8.32 Å². The highest BCUT2D eigenvalue weighted by Crippen LogP contribution is 2.44. The summed E-state index contributed by atoms with van der Waals surface area (Å²) in [7, 11) is -1.75. The Kier molecular flexibility index (Phi) is 5.08. The van der Waals surface area contributed by atoms with Crippen molar-refractivity contribution in [2.24, 2.45) is 11.8 Å². The molecule has 20 heavy (non-hydrogen) atoms. The van der Waals surface area contributed by atoms with E-state index in [1.807, 2.05) is 0 Å². The summed E-state index contributed by atoms with van der Waals surface area (Å²) in [5, 5.41) is 0. The summed E-state index contributed by atoms with van der Waals surface area (Å²) in [6.45, 7) is 13.4. The first-order chi connectivity index (χ1) is 9.49. The summed E-state index contributed by atoms with van der Waals surface area (Å²) >= 11 is 0. The standard InChI is InChI=1S/C18H30OSi/c1-6-11-20(14(2)3,15(4)5)19-18-12-16-9-7-8-10-17(16)13-18/h6-10,14-18H,1,11-13H2,2-5H3. The highest BCUT2D eigenvalue weighted by Gasteiger charge is 2.45. The van der Waals surface area contributed by atoms with Crippen LogP contribution in [0.1, 0.15) is 40.5 Å². The van der Waals surface area contributed by atoms with Crippen LogP contribution in [0.5, 0.6) is 0 Å². The lowest BCUT2D eigenvalue weighted by molar-refractivity contribution is 0.181. The molecule has 2 rings (SSSR count). The minimum atomic E-state index is -1.75. The molecule has 0 N–H and O–H groups in total. The second-order valence-electron chi connectivity index (χ2n) is 7.07. The number of allylic oxidation sites excluding steroid dienone is 5. The maximum absolute atomic E-state index is 6.85. The Morgan fingerprint density at radius 3 is 2.00 bits per heavy atom. The predicted molar refractivity (Wildman–Crippen MR) is 90.3 cm³/mol. The lowest BCUT2D eigenvalue weighted by Crippen LogP contribution is -2.46. The van der Waals surface area contributed by atoms with E-state index in [0.717, 1.165) is 6.04 Å². The fourth-order valence-corrected chi connectivity index (χ4v) is 8.18. The molecule has 1 saturated carbocycles. The van der Waals surface area contributed by atoms with E-state index in [1.165, 1.54) is 12.8 Å². The first kappa shape index (κ1) is 15.8.